The largest absolute Gasteiger partial charge is 0.404 e. The Morgan fingerprint density at radius 2 is 2.03 bits per heavy atom. The van der Waals surface area contributed by atoms with Crippen molar-refractivity contribution in [3.05, 3.63) is 53.4 Å². The molecule has 1 saturated heterocycles. The molecule has 0 aliphatic carbocycles. The molecule has 33 heavy (non-hydrogen) atoms. The fourth-order valence-electron chi connectivity index (χ4n) is 4.04. The highest BCUT2D eigenvalue weighted by Crippen LogP contribution is 2.41. The smallest absolute Gasteiger partial charge is 0.120 e. The highest BCUT2D eigenvalue weighted by molar-refractivity contribution is 6.12. The SMILES string of the molecule is CN/C=C(\C=N)c1cnc2c(c1N1CCOCC1)N(C)C(N/C(N)=C/C(=C\N)C(C)C)C=C2. The zero-order valence-electron chi connectivity index (χ0n) is 19.9. The molecular weight excluding hydrogens is 416 g/mol. The number of pyridine rings is 1. The summed E-state index contributed by atoms with van der Waals surface area (Å²) in [6.07, 6.45) is 12.4. The Labute approximate surface area is 196 Å². The van der Waals surface area contributed by atoms with Crippen molar-refractivity contribution < 1.29 is 4.74 Å². The summed E-state index contributed by atoms with van der Waals surface area (Å²) in [7, 11) is 3.85. The summed E-state index contributed by atoms with van der Waals surface area (Å²) in [5.74, 6) is 0.812. The van der Waals surface area contributed by atoms with Crippen LogP contribution in [0.2, 0.25) is 0 Å². The maximum atomic E-state index is 7.97. The van der Waals surface area contributed by atoms with Gasteiger partial charge < -0.3 is 42.0 Å². The van der Waals surface area contributed by atoms with Crippen LogP contribution in [-0.4, -0.2) is 57.8 Å². The van der Waals surface area contributed by atoms with Crippen LogP contribution in [0, 0.1) is 11.3 Å². The fourth-order valence-corrected chi connectivity index (χ4v) is 4.04. The van der Waals surface area contributed by atoms with E-state index < -0.39 is 0 Å². The van der Waals surface area contributed by atoms with Crippen molar-refractivity contribution in [3.8, 4) is 0 Å². The predicted octanol–water partition coefficient (Wildman–Crippen LogP) is 1.81. The minimum absolute atomic E-state index is 0.173. The second-order valence-corrected chi connectivity index (χ2v) is 8.37. The zero-order valence-corrected chi connectivity index (χ0v) is 19.9. The van der Waals surface area contributed by atoms with E-state index in [-0.39, 0.29) is 12.1 Å². The average molecular weight is 453 g/mol. The van der Waals surface area contributed by atoms with Crippen LogP contribution in [0.1, 0.15) is 25.1 Å². The molecule has 1 aromatic heterocycles. The first-order chi connectivity index (χ1) is 15.9. The van der Waals surface area contributed by atoms with Crippen molar-refractivity contribution in [2.45, 2.75) is 20.0 Å². The summed E-state index contributed by atoms with van der Waals surface area (Å²) in [4.78, 5) is 9.17. The summed E-state index contributed by atoms with van der Waals surface area (Å²) >= 11 is 0. The first kappa shape index (κ1) is 24.2. The molecule has 0 aromatic carbocycles. The van der Waals surface area contributed by atoms with Crippen LogP contribution in [0.4, 0.5) is 11.4 Å². The van der Waals surface area contributed by atoms with E-state index in [0.717, 1.165) is 46.9 Å². The van der Waals surface area contributed by atoms with Crippen LogP contribution in [0.5, 0.6) is 0 Å². The summed E-state index contributed by atoms with van der Waals surface area (Å²) < 4.78 is 5.60. The Morgan fingerprint density at radius 1 is 1.30 bits per heavy atom. The third-order valence-electron chi connectivity index (χ3n) is 5.85. The van der Waals surface area contributed by atoms with Gasteiger partial charge in [0.25, 0.3) is 0 Å². The van der Waals surface area contributed by atoms with Gasteiger partial charge in [-0.2, -0.15) is 0 Å². The zero-order chi connectivity index (χ0) is 24.0. The molecule has 2 aliphatic rings. The molecule has 1 atom stereocenters. The fraction of sp³-hybridized carbons (Fsp3) is 0.417. The molecule has 3 heterocycles. The number of nitrogens with zero attached hydrogens (tertiary/aromatic N) is 3. The van der Waals surface area contributed by atoms with Gasteiger partial charge in [0, 0.05) is 56.9 Å². The monoisotopic (exact) mass is 452 g/mol. The molecule has 2 aliphatic heterocycles. The number of nitrogens with two attached hydrogens (primary N) is 2. The van der Waals surface area contributed by atoms with Crippen LogP contribution >= 0.6 is 0 Å². The minimum atomic E-state index is -0.173. The van der Waals surface area contributed by atoms with Gasteiger partial charge in [0.05, 0.1) is 36.1 Å². The van der Waals surface area contributed by atoms with Gasteiger partial charge in [-0.3, -0.25) is 4.98 Å². The summed E-state index contributed by atoms with van der Waals surface area (Å²) in [5.41, 5.74) is 17.6. The summed E-state index contributed by atoms with van der Waals surface area (Å²) in [6.45, 7) is 7.01. The Bertz CT molecular complexity index is 973. The molecule has 0 saturated carbocycles. The van der Waals surface area contributed by atoms with Crippen molar-refractivity contribution in [2.75, 3.05) is 50.2 Å². The van der Waals surface area contributed by atoms with E-state index in [1.165, 1.54) is 6.21 Å². The topological polar surface area (TPSA) is 129 Å². The Balaban J connectivity index is 2.04. The normalized spacial score (nSPS) is 19.5. The van der Waals surface area contributed by atoms with Crippen molar-refractivity contribution >= 4 is 29.2 Å². The molecule has 9 nitrogen and oxygen atoms in total. The lowest BCUT2D eigenvalue weighted by molar-refractivity contribution is 0.122. The maximum Gasteiger partial charge on any atom is 0.120 e. The molecular formula is C24H36N8O. The van der Waals surface area contributed by atoms with E-state index >= 15 is 0 Å². The van der Waals surface area contributed by atoms with E-state index in [2.05, 4.69) is 34.3 Å². The number of morpholine rings is 1. The van der Waals surface area contributed by atoms with E-state index in [1.807, 2.05) is 44.7 Å². The number of hydrogen-bond acceptors (Lipinski definition) is 9. The molecule has 0 bridgehead atoms. The Morgan fingerprint density at radius 3 is 2.64 bits per heavy atom. The van der Waals surface area contributed by atoms with Crippen LogP contribution in [0.15, 0.2) is 42.1 Å². The number of rotatable bonds is 8. The van der Waals surface area contributed by atoms with E-state index in [0.29, 0.717) is 19.0 Å². The number of hydrogen-bond donors (Lipinski definition) is 5. The van der Waals surface area contributed by atoms with Gasteiger partial charge in [0.2, 0.25) is 0 Å². The number of nitrogens with one attached hydrogen (secondary N) is 3. The molecule has 0 spiro atoms. The highest BCUT2D eigenvalue weighted by atomic mass is 16.5. The van der Waals surface area contributed by atoms with Crippen LogP contribution < -0.4 is 31.9 Å². The molecule has 178 valence electrons. The molecule has 0 amide bonds. The van der Waals surface area contributed by atoms with Gasteiger partial charge >= 0.3 is 0 Å². The number of likely N-dealkylation sites (N-methyl/N-ethyl adjacent to an activating group) is 1. The van der Waals surface area contributed by atoms with Gasteiger partial charge in [-0.15, -0.1) is 0 Å². The van der Waals surface area contributed by atoms with Gasteiger partial charge in [0.15, 0.2) is 0 Å². The lowest BCUT2D eigenvalue weighted by Gasteiger charge is -2.39. The predicted molar refractivity (Wildman–Crippen MR) is 137 cm³/mol. The standard InChI is InChI=1S/C24H36N8O/c1-16(2)17(12-25)11-21(27)30-22-6-5-20-24(31(22)4)23(32-7-9-33-10-8-32)19(15-29-20)18(13-26)14-28-3/h5-6,11-16,22,26,28,30H,7-10,25,27H2,1-4H3/b17-12+,18-14+,21-11+,26-13?. The average Bonchev–Trinajstić information content (AvgIpc) is 2.82. The molecule has 1 aromatic rings. The molecule has 1 unspecified atom stereocenters. The molecule has 1 fully saturated rings. The number of anilines is 2. The Hall–Kier alpha value is -3.46. The maximum absolute atomic E-state index is 7.97. The molecule has 3 rings (SSSR count). The van der Waals surface area contributed by atoms with Crippen molar-refractivity contribution in [3.63, 3.8) is 0 Å². The van der Waals surface area contributed by atoms with Gasteiger partial charge in [0.1, 0.15) is 6.17 Å². The molecule has 0 radical (unpaired) electrons. The number of aromatic nitrogens is 1. The third-order valence-corrected chi connectivity index (χ3v) is 5.85. The Kier molecular flexibility index (Phi) is 8.00. The van der Waals surface area contributed by atoms with Gasteiger partial charge in [-0.1, -0.05) is 13.8 Å². The molecule has 7 N–H and O–H groups in total. The number of ether oxygens (including phenoxy) is 1. The van der Waals surface area contributed by atoms with E-state index in [9.17, 15) is 0 Å². The minimum Gasteiger partial charge on any atom is -0.404 e. The number of fused-ring (bicyclic) bond motifs is 1. The van der Waals surface area contributed by atoms with E-state index in [4.69, 9.17) is 26.6 Å². The highest BCUT2D eigenvalue weighted by Gasteiger charge is 2.29. The quantitative estimate of drug-likeness (QED) is 0.298. The first-order valence-corrected chi connectivity index (χ1v) is 11.2. The van der Waals surface area contributed by atoms with Crippen LogP contribution in [0.25, 0.3) is 11.6 Å². The number of allylic oxidation sites excluding steroid dienone is 3. The molecule has 9 heteroatoms. The van der Waals surface area contributed by atoms with Crippen LogP contribution in [0.3, 0.4) is 0 Å². The van der Waals surface area contributed by atoms with Crippen LogP contribution in [-0.2, 0) is 4.74 Å². The second-order valence-electron chi connectivity index (χ2n) is 8.37. The van der Waals surface area contributed by atoms with Gasteiger partial charge in [-0.25, -0.2) is 0 Å². The first-order valence-electron chi connectivity index (χ1n) is 11.2. The van der Waals surface area contributed by atoms with E-state index in [1.54, 1.807) is 6.20 Å². The summed E-state index contributed by atoms with van der Waals surface area (Å²) in [5, 5.41) is 14.4. The lowest BCUT2D eigenvalue weighted by atomic mass is 10.0. The summed E-state index contributed by atoms with van der Waals surface area (Å²) in [6, 6.07) is 0. The van der Waals surface area contributed by atoms with Crippen molar-refractivity contribution in [1.29, 1.82) is 5.41 Å². The second kappa shape index (κ2) is 10.9. The van der Waals surface area contributed by atoms with Crippen molar-refractivity contribution in [2.24, 2.45) is 17.4 Å². The van der Waals surface area contributed by atoms with Crippen molar-refractivity contribution in [1.82, 2.24) is 15.6 Å². The lowest BCUT2D eigenvalue weighted by Crippen LogP contribution is -2.46. The third kappa shape index (κ3) is 5.31. The van der Waals surface area contributed by atoms with Gasteiger partial charge in [-0.05, 0) is 35.9 Å².